The number of nitrogens with zero attached hydrogens (tertiary/aromatic N) is 1. The lowest BCUT2D eigenvalue weighted by Crippen LogP contribution is -2.34. The van der Waals surface area contributed by atoms with Gasteiger partial charge in [0.05, 0.1) is 6.54 Å². The third-order valence-corrected chi connectivity index (χ3v) is 2.92. The molecule has 0 fully saturated rings. The summed E-state index contributed by atoms with van der Waals surface area (Å²) in [5.41, 5.74) is 8.17. The van der Waals surface area contributed by atoms with Crippen molar-refractivity contribution >= 4 is 17.3 Å². The summed E-state index contributed by atoms with van der Waals surface area (Å²) in [5, 5.41) is 2.88. The summed E-state index contributed by atoms with van der Waals surface area (Å²) in [5.74, 6) is -0.0186. The molecule has 0 aliphatic heterocycles. The van der Waals surface area contributed by atoms with Gasteiger partial charge in [-0.3, -0.25) is 9.69 Å². The number of nitrogens with one attached hydrogen (secondary N) is 1. The van der Waals surface area contributed by atoms with E-state index in [2.05, 4.69) is 19.2 Å². The van der Waals surface area contributed by atoms with Gasteiger partial charge in [-0.25, -0.2) is 0 Å². The van der Waals surface area contributed by atoms with Gasteiger partial charge >= 0.3 is 0 Å². The Kier molecular flexibility index (Phi) is 4.52. The Hall–Kier alpha value is -1.55. The number of likely N-dealkylation sites (N-methyl/N-ethyl adjacent to an activating group) is 1. The van der Waals surface area contributed by atoms with Crippen LogP contribution in [0.2, 0.25) is 0 Å². The summed E-state index contributed by atoms with van der Waals surface area (Å²) in [6.07, 6.45) is 0. The zero-order valence-corrected chi connectivity index (χ0v) is 10.9. The molecule has 0 aliphatic carbocycles. The SMILES string of the molecule is Cc1c(N)cccc1NC(=O)CN(C)C(C)C. The quantitative estimate of drug-likeness (QED) is 0.783. The molecule has 0 aromatic heterocycles. The summed E-state index contributed by atoms with van der Waals surface area (Å²) in [4.78, 5) is 13.8. The minimum atomic E-state index is -0.0186. The highest BCUT2D eigenvalue weighted by atomic mass is 16.2. The number of rotatable bonds is 4. The van der Waals surface area contributed by atoms with Crippen molar-refractivity contribution in [3.63, 3.8) is 0 Å². The third-order valence-electron chi connectivity index (χ3n) is 2.92. The Morgan fingerprint density at radius 2 is 2.12 bits per heavy atom. The maximum atomic E-state index is 11.8. The normalized spacial score (nSPS) is 10.9. The molecular weight excluding hydrogens is 214 g/mol. The molecule has 94 valence electrons. The van der Waals surface area contributed by atoms with Gasteiger partial charge in [0.25, 0.3) is 0 Å². The zero-order valence-electron chi connectivity index (χ0n) is 10.9. The van der Waals surface area contributed by atoms with Crippen molar-refractivity contribution in [3.8, 4) is 0 Å². The number of anilines is 2. The number of amides is 1. The van der Waals surface area contributed by atoms with E-state index in [0.29, 0.717) is 18.3 Å². The van der Waals surface area contributed by atoms with Gasteiger partial charge in [-0.2, -0.15) is 0 Å². The summed E-state index contributed by atoms with van der Waals surface area (Å²) >= 11 is 0. The van der Waals surface area contributed by atoms with E-state index >= 15 is 0 Å². The molecule has 1 aromatic carbocycles. The van der Waals surface area contributed by atoms with E-state index in [9.17, 15) is 4.79 Å². The Labute approximate surface area is 103 Å². The van der Waals surface area contributed by atoms with Crippen LogP contribution in [-0.4, -0.2) is 30.4 Å². The maximum absolute atomic E-state index is 11.8. The van der Waals surface area contributed by atoms with Crippen molar-refractivity contribution < 1.29 is 4.79 Å². The minimum Gasteiger partial charge on any atom is -0.398 e. The molecule has 0 spiro atoms. The van der Waals surface area contributed by atoms with Crippen LogP contribution in [0.4, 0.5) is 11.4 Å². The lowest BCUT2D eigenvalue weighted by Gasteiger charge is -2.20. The number of carbonyl (C=O) groups excluding carboxylic acids is 1. The van der Waals surface area contributed by atoms with Crippen molar-refractivity contribution in [2.45, 2.75) is 26.8 Å². The van der Waals surface area contributed by atoms with Crippen molar-refractivity contribution in [3.05, 3.63) is 23.8 Å². The van der Waals surface area contributed by atoms with Gasteiger partial charge in [0, 0.05) is 17.4 Å². The van der Waals surface area contributed by atoms with Gasteiger partial charge in [0.1, 0.15) is 0 Å². The summed E-state index contributed by atoms with van der Waals surface area (Å²) in [6.45, 7) is 6.39. The molecule has 17 heavy (non-hydrogen) atoms. The van der Waals surface area contributed by atoms with Gasteiger partial charge in [0.2, 0.25) is 5.91 Å². The highest BCUT2D eigenvalue weighted by molar-refractivity contribution is 5.93. The second-order valence-corrected chi connectivity index (χ2v) is 4.58. The first-order valence-corrected chi connectivity index (χ1v) is 5.77. The van der Waals surface area contributed by atoms with E-state index in [-0.39, 0.29) is 5.91 Å². The number of hydrogen-bond acceptors (Lipinski definition) is 3. The number of carbonyl (C=O) groups is 1. The van der Waals surface area contributed by atoms with Gasteiger partial charge in [-0.1, -0.05) is 6.07 Å². The number of hydrogen-bond donors (Lipinski definition) is 2. The van der Waals surface area contributed by atoms with Gasteiger partial charge in [-0.05, 0) is 45.5 Å². The van der Waals surface area contributed by atoms with E-state index in [0.717, 1.165) is 11.3 Å². The third kappa shape index (κ3) is 3.75. The maximum Gasteiger partial charge on any atom is 0.238 e. The Bertz CT molecular complexity index is 402. The van der Waals surface area contributed by atoms with E-state index in [4.69, 9.17) is 5.73 Å². The van der Waals surface area contributed by atoms with E-state index in [1.807, 2.05) is 37.1 Å². The molecule has 3 N–H and O–H groups in total. The number of nitrogen functional groups attached to an aromatic ring is 1. The van der Waals surface area contributed by atoms with Gasteiger partial charge in [0.15, 0.2) is 0 Å². The van der Waals surface area contributed by atoms with Crippen LogP contribution in [0.3, 0.4) is 0 Å². The Balaban J connectivity index is 2.66. The van der Waals surface area contributed by atoms with Gasteiger partial charge < -0.3 is 11.1 Å². The Morgan fingerprint density at radius 3 is 2.71 bits per heavy atom. The van der Waals surface area contributed by atoms with Gasteiger partial charge in [-0.15, -0.1) is 0 Å². The summed E-state index contributed by atoms with van der Waals surface area (Å²) in [7, 11) is 1.93. The lowest BCUT2D eigenvalue weighted by molar-refractivity contribution is -0.117. The molecule has 4 heteroatoms. The number of benzene rings is 1. The van der Waals surface area contributed by atoms with E-state index < -0.39 is 0 Å². The van der Waals surface area contributed by atoms with Crippen molar-refractivity contribution in [2.75, 3.05) is 24.6 Å². The van der Waals surface area contributed by atoms with Crippen LogP contribution < -0.4 is 11.1 Å². The average molecular weight is 235 g/mol. The smallest absolute Gasteiger partial charge is 0.238 e. The van der Waals surface area contributed by atoms with Crippen molar-refractivity contribution in [1.29, 1.82) is 0 Å². The van der Waals surface area contributed by atoms with Crippen LogP contribution in [0.5, 0.6) is 0 Å². The molecule has 0 bridgehead atoms. The van der Waals surface area contributed by atoms with Crippen LogP contribution in [0.25, 0.3) is 0 Å². The van der Waals surface area contributed by atoms with Crippen LogP contribution in [0.1, 0.15) is 19.4 Å². The fraction of sp³-hybridized carbons (Fsp3) is 0.462. The molecule has 0 saturated carbocycles. The standard InChI is InChI=1S/C13H21N3O/c1-9(2)16(4)8-13(17)15-12-7-5-6-11(14)10(12)3/h5-7,9H,8,14H2,1-4H3,(H,15,17). The summed E-state index contributed by atoms with van der Waals surface area (Å²) < 4.78 is 0. The lowest BCUT2D eigenvalue weighted by atomic mass is 10.1. The molecule has 0 saturated heterocycles. The molecule has 1 amide bonds. The fourth-order valence-electron chi connectivity index (χ4n) is 1.39. The molecular formula is C13H21N3O. The topological polar surface area (TPSA) is 58.4 Å². The van der Waals surface area contributed by atoms with Crippen LogP contribution in [-0.2, 0) is 4.79 Å². The first kappa shape index (κ1) is 13.5. The molecule has 0 heterocycles. The predicted molar refractivity (Wildman–Crippen MR) is 72.0 cm³/mol. The van der Waals surface area contributed by atoms with Crippen LogP contribution >= 0.6 is 0 Å². The average Bonchev–Trinajstić information content (AvgIpc) is 2.24. The zero-order chi connectivity index (χ0) is 13.0. The minimum absolute atomic E-state index is 0.0186. The second-order valence-electron chi connectivity index (χ2n) is 4.58. The number of nitrogens with two attached hydrogens (primary N) is 1. The first-order valence-electron chi connectivity index (χ1n) is 5.77. The van der Waals surface area contributed by atoms with E-state index in [1.54, 1.807) is 0 Å². The second kappa shape index (κ2) is 5.68. The molecule has 0 aliphatic rings. The molecule has 0 unspecified atom stereocenters. The molecule has 1 aromatic rings. The monoisotopic (exact) mass is 235 g/mol. The molecule has 1 rings (SSSR count). The molecule has 0 atom stereocenters. The Morgan fingerprint density at radius 1 is 1.47 bits per heavy atom. The van der Waals surface area contributed by atoms with Crippen LogP contribution in [0, 0.1) is 6.92 Å². The highest BCUT2D eigenvalue weighted by Crippen LogP contribution is 2.20. The largest absolute Gasteiger partial charge is 0.398 e. The first-order chi connectivity index (χ1) is 7.91. The molecule has 4 nitrogen and oxygen atoms in total. The molecule has 0 radical (unpaired) electrons. The van der Waals surface area contributed by atoms with Crippen molar-refractivity contribution in [2.24, 2.45) is 0 Å². The van der Waals surface area contributed by atoms with E-state index in [1.165, 1.54) is 0 Å². The fourth-order valence-corrected chi connectivity index (χ4v) is 1.39. The van der Waals surface area contributed by atoms with Crippen molar-refractivity contribution in [1.82, 2.24) is 4.90 Å². The predicted octanol–water partition coefficient (Wildman–Crippen LogP) is 1.86. The summed E-state index contributed by atoms with van der Waals surface area (Å²) in [6, 6.07) is 5.87. The highest BCUT2D eigenvalue weighted by Gasteiger charge is 2.10. The van der Waals surface area contributed by atoms with Crippen LogP contribution in [0.15, 0.2) is 18.2 Å².